The van der Waals surface area contributed by atoms with E-state index in [1.165, 1.54) is 22.0 Å². The summed E-state index contributed by atoms with van der Waals surface area (Å²) < 4.78 is 3.36. The van der Waals surface area contributed by atoms with Gasteiger partial charge in [-0.05, 0) is 30.5 Å². The number of hydrogen-bond acceptors (Lipinski definition) is 1. The van der Waals surface area contributed by atoms with Crippen LogP contribution in [0.5, 0.6) is 0 Å². The zero-order chi connectivity index (χ0) is 17.0. The van der Waals surface area contributed by atoms with E-state index < -0.39 is 0 Å². The van der Waals surface area contributed by atoms with Gasteiger partial charge in [0.05, 0.1) is 27.6 Å². The van der Waals surface area contributed by atoms with Crippen LogP contribution >= 0.6 is 15.9 Å². The molecule has 25 heavy (non-hydrogen) atoms. The van der Waals surface area contributed by atoms with Crippen LogP contribution in [0.4, 0.5) is 0 Å². The average Bonchev–Trinajstić information content (AvgIpc) is 3.07. The highest BCUT2D eigenvalue weighted by Gasteiger charge is 2.20. The van der Waals surface area contributed by atoms with Gasteiger partial charge in [0, 0.05) is 21.0 Å². The number of fused-ring (bicyclic) bond motifs is 6. The number of rotatable bonds is 1. The minimum Gasteiger partial charge on any atom is -0.292 e. The average molecular weight is 402 g/mol. The highest BCUT2D eigenvalue weighted by atomic mass is 79.9. The number of hydrogen-bond donors (Lipinski definition) is 0. The third-order valence-electron chi connectivity index (χ3n) is 4.91. The van der Waals surface area contributed by atoms with Crippen molar-refractivity contribution in [3.8, 4) is 11.3 Å². The lowest BCUT2D eigenvalue weighted by molar-refractivity contribution is 0.982. The van der Waals surface area contributed by atoms with E-state index in [2.05, 4.69) is 79.1 Å². The molecule has 0 N–H and O–H groups in total. The van der Waals surface area contributed by atoms with Crippen molar-refractivity contribution >= 4 is 54.0 Å². The molecule has 0 spiro atoms. The van der Waals surface area contributed by atoms with Crippen LogP contribution in [-0.2, 0) is 6.42 Å². The normalized spacial score (nSPS) is 13.5. The number of aromatic nitrogens is 2. The summed E-state index contributed by atoms with van der Waals surface area (Å²) in [5, 5.41) is 2.33. The first-order valence-corrected chi connectivity index (χ1v) is 9.63. The molecule has 3 radical (unpaired) electrons. The second-order valence-electron chi connectivity index (χ2n) is 6.32. The summed E-state index contributed by atoms with van der Waals surface area (Å²) in [6.45, 7) is 0. The molecule has 1 aliphatic rings. The van der Waals surface area contributed by atoms with Crippen molar-refractivity contribution in [2.45, 2.75) is 12.8 Å². The molecule has 1 aliphatic carbocycles. The number of nitrogens with zero attached hydrogens (tertiary/aromatic N) is 2. The Morgan fingerprint density at radius 2 is 1.96 bits per heavy atom. The zero-order valence-corrected chi connectivity index (χ0v) is 16.0. The first-order valence-electron chi connectivity index (χ1n) is 8.34. The van der Waals surface area contributed by atoms with Crippen LogP contribution in [0.15, 0.2) is 59.2 Å². The molecule has 119 valence electrons. The van der Waals surface area contributed by atoms with Gasteiger partial charge >= 0.3 is 0 Å². The summed E-state index contributed by atoms with van der Waals surface area (Å²) in [7, 11) is 3.77. The van der Waals surface area contributed by atoms with Crippen LogP contribution in [0.3, 0.4) is 0 Å². The van der Waals surface area contributed by atoms with E-state index in [0.717, 1.165) is 39.4 Å². The van der Waals surface area contributed by atoms with Crippen molar-refractivity contribution in [1.29, 1.82) is 0 Å². The molecule has 5 rings (SSSR count). The predicted octanol–water partition coefficient (Wildman–Crippen LogP) is 4.67. The van der Waals surface area contributed by atoms with Gasteiger partial charge in [-0.25, -0.2) is 4.98 Å². The molecule has 0 unspecified atom stereocenters. The molecule has 0 atom stereocenters. The minimum absolute atomic E-state index is 1.04. The third-order valence-corrected chi connectivity index (χ3v) is 5.98. The third kappa shape index (κ3) is 2.17. The second-order valence-corrected chi connectivity index (χ2v) is 7.71. The molecule has 2 nitrogen and oxygen atoms in total. The standard InChI is InChI=1S/C21H14BrN2Si/c22-16-9-5-11-19(25)20(16)18-12-23-21-15-8-2-1-6-13(15)14-7-3-4-10-17(14)24(18)21/h1,3-7,9-12H,2,8H2. The number of halogens is 1. The van der Waals surface area contributed by atoms with Crippen LogP contribution in [0, 0.1) is 0 Å². The van der Waals surface area contributed by atoms with Gasteiger partial charge in [-0.1, -0.05) is 63.6 Å². The highest BCUT2D eigenvalue weighted by molar-refractivity contribution is 9.10. The van der Waals surface area contributed by atoms with Crippen molar-refractivity contribution in [3.05, 3.63) is 70.3 Å². The molecule has 0 fully saturated rings. The fraction of sp³-hybridized carbons (Fsp3) is 0.0952. The molecule has 2 heterocycles. The van der Waals surface area contributed by atoms with Crippen LogP contribution in [0.1, 0.15) is 17.5 Å². The number of aryl methyl sites for hydroxylation is 1. The molecular formula is C21H14BrN2Si. The molecule has 4 aromatic rings. The zero-order valence-electron chi connectivity index (χ0n) is 13.5. The van der Waals surface area contributed by atoms with Gasteiger partial charge in [0.15, 0.2) is 0 Å². The first-order chi connectivity index (χ1) is 12.3. The van der Waals surface area contributed by atoms with E-state index in [9.17, 15) is 0 Å². The Morgan fingerprint density at radius 3 is 2.84 bits per heavy atom. The Hall–Kier alpha value is -2.17. The fourth-order valence-electron chi connectivity index (χ4n) is 3.81. The quantitative estimate of drug-likeness (QED) is 0.423. The maximum absolute atomic E-state index is 4.83. The van der Waals surface area contributed by atoms with Crippen molar-refractivity contribution in [1.82, 2.24) is 9.38 Å². The van der Waals surface area contributed by atoms with Gasteiger partial charge in [-0.15, -0.1) is 0 Å². The van der Waals surface area contributed by atoms with Gasteiger partial charge in [0.2, 0.25) is 0 Å². The largest absolute Gasteiger partial charge is 0.292 e. The van der Waals surface area contributed by atoms with E-state index in [4.69, 9.17) is 4.98 Å². The molecule has 0 bridgehead atoms. The SMILES string of the molecule is [Si]c1cccc(Br)c1-c1cnc2c3c(c4ccccc4n12)C=CCC3. The molecule has 0 amide bonds. The minimum atomic E-state index is 1.04. The van der Waals surface area contributed by atoms with Crippen LogP contribution in [0.25, 0.3) is 33.9 Å². The monoisotopic (exact) mass is 401 g/mol. The van der Waals surface area contributed by atoms with Gasteiger partial charge in [0.25, 0.3) is 0 Å². The summed E-state index contributed by atoms with van der Waals surface area (Å²) in [6, 6.07) is 14.8. The lowest BCUT2D eigenvalue weighted by Crippen LogP contribution is -2.09. The smallest absolute Gasteiger partial charge is 0.141 e. The van der Waals surface area contributed by atoms with Crippen molar-refractivity contribution in [3.63, 3.8) is 0 Å². The van der Waals surface area contributed by atoms with Crippen molar-refractivity contribution < 1.29 is 0 Å². The maximum atomic E-state index is 4.83. The molecule has 0 saturated heterocycles. The van der Waals surface area contributed by atoms with Gasteiger partial charge in [-0.2, -0.15) is 0 Å². The van der Waals surface area contributed by atoms with E-state index in [1.54, 1.807) is 0 Å². The van der Waals surface area contributed by atoms with Crippen LogP contribution in [0.2, 0.25) is 0 Å². The molecular weight excluding hydrogens is 388 g/mol. The van der Waals surface area contributed by atoms with E-state index in [0.29, 0.717) is 0 Å². The summed E-state index contributed by atoms with van der Waals surface area (Å²) in [4.78, 5) is 4.83. The number of benzene rings is 2. The number of imidazole rings is 1. The predicted molar refractivity (Wildman–Crippen MR) is 109 cm³/mol. The van der Waals surface area contributed by atoms with E-state index in [1.807, 2.05) is 12.3 Å². The van der Waals surface area contributed by atoms with Gasteiger partial charge in [0.1, 0.15) is 5.65 Å². The van der Waals surface area contributed by atoms with Gasteiger partial charge < -0.3 is 0 Å². The summed E-state index contributed by atoms with van der Waals surface area (Å²) in [5.74, 6) is 0. The highest BCUT2D eigenvalue weighted by Crippen LogP contribution is 2.35. The first kappa shape index (κ1) is 15.1. The topological polar surface area (TPSA) is 17.3 Å². The lowest BCUT2D eigenvalue weighted by atomic mass is 9.94. The van der Waals surface area contributed by atoms with Gasteiger partial charge in [-0.3, -0.25) is 4.40 Å². The summed E-state index contributed by atoms with van der Waals surface area (Å²) >= 11 is 3.71. The Kier molecular flexibility index (Phi) is 3.43. The summed E-state index contributed by atoms with van der Waals surface area (Å²) in [5.41, 5.74) is 7.14. The van der Waals surface area contributed by atoms with Crippen LogP contribution in [-0.4, -0.2) is 19.6 Å². The Balaban J connectivity index is 1.99. The summed E-state index contributed by atoms with van der Waals surface area (Å²) in [6.07, 6.45) is 8.61. The fourth-order valence-corrected chi connectivity index (χ4v) is 4.93. The molecule has 0 aliphatic heterocycles. The molecule has 4 heteroatoms. The van der Waals surface area contributed by atoms with Crippen molar-refractivity contribution in [2.24, 2.45) is 0 Å². The Morgan fingerprint density at radius 1 is 1.08 bits per heavy atom. The van der Waals surface area contributed by atoms with Crippen LogP contribution < -0.4 is 5.19 Å². The lowest BCUT2D eigenvalue weighted by Gasteiger charge is -2.17. The second kappa shape index (κ2) is 5.68. The Bertz CT molecular complexity index is 1150. The maximum Gasteiger partial charge on any atom is 0.141 e. The van der Waals surface area contributed by atoms with E-state index >= 15 is 0 Å². The number of pyridine rings is 1. The molecule has 0 saturated carbocycles. The molecule has 2 aromatic heterocycles. The number of para-hydroxylation sites is 1. The van der Waals surface area contributed by atoms with E-state index in [-0.39, 0.29) is 0 Å². The number of allylic oxidation sites excluding steroid dienone is 1. The molecule has 2 aromatic carbocycles. The Labute approximate surface area is 157 Å². The van der Waals surface area contributed by atoms with Crippen molar-refractivity contribution in [2.75, 3.05) is 0 Å².